The Morgan fingerprint density at radius 2 is 1.57 bits per heavy atom. The molecular weight excluding hydrogens is 384 g/mol. The highest BCUT2D eigenvalue weighted by Gasteiger charge is 2.18. The van der Waals surface area contributed by atoms with Crippen LogP contribution in [0.3, 0.4) is 0 Å². The molecule has 1 fully saturated rings. The number of hydrogen-bond acceptors (Lipinski definition) is 5. The second-order valence-electron chi connectivity index (χ2n) is 7.01. The van der Waals surface area contributed by atoms with Crippen LogP contribution in [0.25, 0.3) is 0 Å². The van der Waals surface area contributed by atoms with Gasteiger partial charge in [0.25, 0.3) is 5.91 Å². The van der Waals surface area contributed by atoms with Gasteiger partial charge in [0.2, 0.25) is 11.8 Å². The molecule has 158 valence electrons. The maximum Gasteiger partial charge on any atom is 0.254 e. The molecule has 3 rings (SSSR count). The number of ether oxygens (including phenoxy) is 1. The van der Waals surface area contributed by atoms with Crippen molar-refractivity contribution in [2.45, 2.75) is 6.92 Å². The van der Waals surface area contributed by atoms with Gasteiger partial charge in [0.1, 0.15) is 0 Å². The molecule has 0 aliphatic carbocycles. The summed E-state index contributed by atoms with van der Waals surface area (Å²) in [6.45, 7) is 3.90. The molecule has 2 N–H and O–H groups in total. The van der Waals surface area contributed by atoms with E-state index in [4.69, 9.17) is 4.74 Å². The summed E-state index contributed by atoms with van der Waals surface area (Å²) in [5.41, 5.74) is 2.77. The maximum atomic E-state index is 12.4. The number of nitrogens with one attached hydrogen (secondary N) is 2. The molecule has 0 saturated carbocycles. The van der Waals surface area contributed by atoms with Crippen molar-refractivity contribution in [2.24, 2.45) is 0 Å². The molecule has 0 bridgehead atoms. The molecule has 1 aliphatic heterocycles. The number of carbonyl (C=O) groups is 3. The van der Waals surface area contributed by atoms with E-state index in [0.29, 0.717) is 37.6 Å². The summed E-state index contributed by atoms with van der Waals surface area (Å²) in [7, 11) is 1.71. The number of morpholine rings is 1. The van der Waals surface area contributed by atoms with E-state index >= 15 is 0 Å². The highest BCUT2D eigenvalue weighted by molar-refractivity contribution is 5.97. The fraction of sp³-hybridized carbons (Fsp3) is 0.318. The Morgan fingerprint density at radius 1 is 0.967 bits per heavy atom. The third-order valence-electron chi connectivity index (χ3n) is 4.89. The number of nitrogens with zero attached hydrogens (tertiary/aromatic N) is 2. The molecule has 0 aromatic heterocycles. The summed E-state index contributed by atoms with van der Waals surface area (Å²) >= 11 is 0. The van der Waals surface area contributed by atoms with Crippen LogP contribution < -0.4 is 15.5 Å². The van der Waals surface area contributed by atoms with E-state index in [2.05, 4.69) is 10.6 Å². The number of benzene rings is 2. The summed E-state index contributed by atoms with van der Waals surface area (Å²) in [5.74, 6) is -0.281. The Morgan fingerprint density at radius 3 is 2.17 bits per heavy atom. The van der Waals surface area contributed by atoms with Crippen molar-refractivity contribution in [3.8, 4) is 0 Å². The smallest absolute Gasteiger partial charge is 0.254 e. The van der Waals surface area contributed by atoms with E-state index < -0.39 is 0 Å². The van der Waals surface area contributed by atoms with Crippen LogP contribution in [-0.2, 0) is 14.3 Å². The van der Waals surface area contributed by atoms with Crippen molar-refractivity contribution in [3.05, 3.63) is 54.1 Å². The van der Waals surface area contributed by atoms with Crippen LogP contribution in [0.15, 0.2) is 48.5 Å². The van der Waals surface area contributed by atoms with Gasteiger partial charge in [-0.25, -0.2) is 0 Å². The van der Waals surface area contributed by atoms with E-state index in [1.54, 1.807) is 41.1 Å². The number of rotatable bonds is 6. The minimum absolute atomic E-state index is 0.0308. The van der Waals surface area contributed by atoms with Crippen LogP contribution in [-0.4, -0.2) is 62.5 Å². The first-order valence-electron chi connectivity index (χ1n) is 9.79. The Hall–Kier alpha value is -3.39. The third-order valence-corrected chi connectivity index (χ3v) is 4.89. The van der Waals surface area contributed by atoms with Crippen molar-refractivity contribution in [1.82, 2.24) is 4.90 Å². The summed E-state index contributed by atoms with van der Waals surface area (Å²) in [6.07, 6.45) is 0. The number of carbonyl (C=O) groups excluding carboxylic acids is 3. The zero-order valence-electron chi connectivity index (χ0n) is 17.2. The average Bonchev–Trinajstić information content (AvgIpc) is 2.78. The normalized spacial score (nSPS) is 13.5. The molecule has 1 aliphatic rings. The first-order valence-corrected chi connectivity index (χ1v) is 9.79. The predicted octanol–water partition coefficient (Wildman–Crippen LogP) is 2.19. The second-order valence-corrected chi connectivity index (χ2v) is 7.01. The largest absolute Gasteiger partial charge is 0.378 e. The van der Waals surface area contributed by atoms with Gasteiger partial charge in [-0.1, -0.05) is 0 Å². The first-order chi connectivity index (χ1) is 14.4. The minimum atomic E-state index is -0.202. The molecule has 2 aromatic carbocycles. The predicted molar refractivity (Wildman–Crippen MR) is 116 cm³/mol. The molecule has 2 aromatic rings. The summed E-state index contributed by atoms with van der Waals surface area (Å²) in [4.78, 5) is 39.3. The molecule has 8 nitrogen and oxygen atoms in total. The van der Waals surface area contributed by atoms with E-state index in [0.717, 1.165) is 11.4 Å². The minimum Gasteiger partial charge on any atom is -0.378 e. The van der Waals surface area contributed by atoms with Gasteiger partial charge in [0.05, 0.1) is 19.8 Å². The third kappa shape index (κ3) is 5.57. The zero-order valence-corrected chi connectivity index (χ0v) is 17.2. The number of anilines is 3. The molecule has 0 unspecified atom stereocenters. The molecule has 30 heavy (non-hydrogen) atoms. The lowest BCUT2D eigenvalue weighted by Crippen LogP contribution is -2.40. The summed E-state index contributed by atoms with van der Waals surface area (Å²) < 4.78 is 5.27. The monoisotopic (exact) mass is 410 g/mol. The van der Waals surface area contributed by atoms with Gasteiger partial charge in [-0.2, -0.15) is 0 Å². The van der Waals surface area contributed by atoms with E-state index in [1.807, 2.05) is 24.3 Å². The lowest BCUT2D eigenvalue weighted by molar-refractivity contribution is -0.116. The Bertz CT molecular complexity index is 890. The maximum absolute atomic E-state index is 12.4. The second kappa shape index (κ2) is 9.89. The SMILES string of the molecule is CC(=O)N(C)c1ccc(NCC(=O)Nc2ccc(C(=O)N3CCOCC3)cc2)cc1. The quantitative estimate of drug-likeness (QED) is 0.762. The standard InChI is InChI=1S/C22H26N4O4/c1-16(27)25(2)20-9-7-18(8-10-20)23-15-21(28)24-19-5-3-17(4-6-19)22(29)26-11-13-30-14-12-26/h3-10,23H,11-15H2,1-2H3,(H,24,28). The van der Waals surface area contributed by atoms with Crippen LogP contribution in [0.2, 0.25) is 0 Å². The molecule has 1 saturated heterocycles. The van der Waals surface area contributed by atoms with Gasteiger partial charge in [0, 0.05) is 49.7 Å². The molecule has 3 amide bonds. The molecule has 0 spiro atoms. The van der Waals surface area contributed by atoms with E-state index in [9.17, 15) is 14.4 Å². The van der Waals surface area contributed by atoms with Crippen LogP contribution >= 0.6 is 0 Å². The van der Waals surface area contributed by atoms with E-state index in [-0.39, 0.29) is 24.3 Å². The zero-order chi connectivity index (χ0) is 21.5. The fourth-order valence-corrected chi connectivity index (χ4v) is 3.02. The van der Waals surface area contributed by atoms with Gasteiger partial charge in [-0.05, 0) is 48.5 Å². The molecule has 0 radical (unpaired) electrons. The Kier molecular flexibility index (Phi) is 7.03. The van der Waals surface area contributed by atoms with Crippen molar-refractivity contribution in [1.29, 1.82) is 0 Å². The van der Waals surface area contributed by atoms with Gasteiger partial charge in [-0.15, -0.1) is 0 Å². The summed E-state index contributed by atoms with van der Waals surface area (Å²) in [6, 6.07) is 14.1. The van der Waals surface area contributed by atoms with Crippen molar-refractivity contribution in [2.75, 3.05) is 55.4 Å². The van der Waals surface area contributed by atoms with Crippen LogP contribution in [0, 0.1) is 0 Å². The fourth-order valence-electron chi connectivity index (χ4n) is 3.02. The lowest BCUT2D eigenvalue weighted by Gasteiger charge is -2.26. The van der Waals surface area contributed by atoms with Crippen LogP contribution in [0.5, 0.6) is 0 Å². The topological polar surface area (TPSA) is 91.0 Å². The highest BCUT2D eigenvalue weighted by Crippen LogP contribution is 2.17. The molecule has 0 atom stereocenters. The van der Waals surface area contributed by atoms with Gasteiger partial charge in [-0.3, -0.25) is 14.4 Å². The van der Waals surface area contributed by atoms with E-state index in [1.165, 1.54) is 6.92 Å². The number of amides is 3. The van der Waals surface area contributed by atoms with Gasteiger partial charge in [0.15, 0.2) is 0 Å². The van der Waals surface area contributed by atoms with Crippen molar-refractivity contribution in [3.63, 3.8) is 0 Å². The first kappa shape index (κ1) is 21.3. The van der Waals surface area contributed by atoms with Gasteiger partial charge >= 0.3 is 0 Å². The Labute approximate surface area is 175 Å². The average molecular weight is 410 g/mol. The summed E-state index contributed by atoms with van der Waals surface area (Å²) in [5, 5.41) is 5.85. The molecule has 8 heteroatoms. The molecule has 1 heterocycles. The lowest BCUT2D eigenvalue weighted by atomic mass is 10.1. The van der Waals surface area contributed by atoms with Crippen molar-refractivity contribution >= 4 is 34.8 Å². The van der Waals surface area contributed by atoms with Crippen LogP contribution in [0.4, 0.5) is 17.1 Å². The number of hydrogen-bond donors (Lipinski definition) is 2. The Balaban J connectivity index is 1.49. The van der Waals surface area contributed by atoms with Crippen molar-refractivity contribution < 1.29 is 19.1 Å². The van der Waals surface area contributed by atoms with Crippen LogP contribution in [0.1, 0.15) is 17.3 Å². The molecular formula is C22H26N4O4. The highest BCUT2D eigenvalue weighted by atomic mass is 16.5. The van der Waals surface area contributed by atoms with Gasteiger partial charge < -0.3 is 25.2 Å².